The molecule has 1 amide bonds. The summed E-state index contributed by atoms with van der Waals surface area (Å²) >= 11 is 0. The maximum Gasteiger partial charge on any atom is 0.267 e. The van der Waals surface area contributed by atoms with Gasteiger partial charge in [-0.25, -0.2) is 12.7 Å². The molecule has 6 heteroatoms. The Kier molecular flexibility index (Phi) is 4.51. The van der Waals surface area contributed by atoms with Crippen LogP contribution in [0, 0.1) is 6.92 Å². The van der Waals surface area contributed by atoms with Crippen molar-refractivity contribution in [1.82, 2.24) is 4.31 Å². The molecule has 116 valence electrons. The molecule has 0 atom stereocenters. The third-order valence-corrected chi connectivity index (χ3v) is 5.06. The van der Waals surface area contributed by atoms with Gasteiger partial charge in [-0.15, -0.1) is 0 Å². The molecular weight excluding hydrogens is 302 g/mol. The van der Waals surface area contributed by atoms with Gasteiger partial charge in [0.05, 0.1) is 12.0 Å². The zero-order valence-electron chi connectivity index (χ0n) is 12.6. The smallest absolute Gasteiger partial charge is 0.267 e. The molecule has 0 saturated heterocycles. The summed E-state index contributed by atoms with van der Waals surface area (Å²) in [6, 6.07) is 12.6. The highest BCUT2D eigenvalue weighted by atomic mass is 32.2. The van der Waals surface area contributed by atoms with E-state index >= 15 is 0 Å². The van der Waals surface area contributed by atoms with Crippen LogP contribution in [0.2, 0.25) is 0 Å². The van der Waals surface area contributed by atoms with Gasteiger partial charge in [0.1, 0.15) is 5.75 Å². The van der Waals surface area contributed by atoms with Gasteiger partial charge in [-0.2, -0.15) is 0 Å². The van der Waals surface area contributed by atoms with Crippen LogP contribution in [-0.2, 0) is 10.0 Å². The summed E-state index contributed by atoms with van der Waals surface area (Å²) in [4.78, 5) is 12.4. The molecule has 0 aliphatic rings. The number of aryl methyl sites for hydroxylation is 1. The largest absolute Gasteiger partial charge is 0.497 e. The predicted molar refractivity (Wildman–Crippen MR) is 83.5 cm³/mol. The molecular formula is C16H17NO4S. The van der Waals surface area contributed by atoms with Gasteiger partial charge in [-0.05, 0) is 43.3 Å². The number of hydrogen-bond donors (Lipinski definition) is 0. The first-order valence-corrected chi connectivity index (χ1v) is 8.04. The minimum atomic E-state index is -3.87. The van der Waals surface area contributed by atoms with Crippen LogP contribution in [0.5, 0.6) is 5.75 Å². The Morgan fingerprint density at radius 1 is 1.00 bits per heavy atom. The Hall–Kier alpha value is -2.34. The lowest BCUT2D eigenvalue weighted by molar-refractivity contribution is 0.0883. The summed E-state index contributed by atoms with van der Waals surface area (Å²) in [7, 11) is -1.10. The monoisotopic (exact) mass is 319 g/mol. The van der Waals surface area contributed by atoms with Gasteiger partial charge in [0.25, 0.3) is 15.9 Å². The minimum absolute atomic E-state index is 0.0856. The van der Waals surface area contributed by atoms with Gasteiger partial charge in [-0.3, -0.25) is 4.79 Å². The van der Waals surface area contributed by atoms with Gasteiger partial charge >= 0.3 is 0 Å². The molecule has 0 aliphatic heterocycles. The number of benzene rings is 2. The molecule has 0 N–H and O–H groups in total. The van der Waals surface area contributed by atoms with Gasteiger partial charge in [0.15, 0.2) is 0 Å². The lowest BCUT2D eigenvalue weighted by Gasteiger charge is -2.18. The molecule has 0 radical (unpaired) electrons. The van der Waals surface area contributed by atoms with Crippen LogP contribution in [0.3, 0.4) is 0 Å². The Bertz CT molecular complexity index is 765. The standard InChI is InChI=1S/C16H17NO4S/c1-12-4-10-15(11-5-12)22(19,20)17(2)16(18)13-6-8-14(21-3)9-7-13/h4-11H,1-3H3. The van der Waals surface area contributed by atoms with Gasteiger partial charge in [0.2, 0.25) is 0 Å². The number of rotatable bonds is 4. The molecule has 5 nitrogen and oxygen atoms in total. The van der Waals surface area contributed by atoms with E-state index < -0.39 is 15.9 Å². The van der Waals surface area contributed by atoms with Crippen molar-refractivity contribution in [3.05, 3.63) is 59.7 Å². The third-order valence-electron chi connectivity index (χ3n) is 3.30. The summed E-state index contributed by atoms with van der Waals surface area (Å²) in [6.07, 6.45) is 0. The van der Waals surface area contributed by atoms with Crippen LogP contribution in [0.4, 0.5) is 0 Å². The normalized spacial score (nSPS) is 11.0. The molecule has 0 bridgehead atoms. The lowest BCUT2D eigenvalue weighted by atomic mass is 10.2. The SMILES string of the molecule is COc1ccc(C(=O)N(C)S(=O)(=O)c2ccc(C)cc2)cc1. The van der Waals surface area contributed by atoms with E-state index in [1.54, 1.807) is 24.3 Å². The van der Waals surface area contributed by atoms with E-state index in [2.05, 4.69) is 0 Å². The number of nitrogens with zero attached hydrogens (tertiary/aromatic N) is 1. The summed E-state index contributed by atoms with van der Waals surface area (Å²) < 4.78 is 30.7. The van der Waals surface area contributed by atoms with Crippen molar-refractivity contribution >= 4 is 15.9 Å². The number of carbonyl (C=O) groups excluding carboxylic acids is 1. The zero-order chi connectivity index (χ0) is 16.3. The summed E-state index contributed by atoms with van der Waals surface area (Å²) in [5, 5.41) is 0. The maximum atomic E-state index is 12.5. The van der Waals surface area contributed by atoms with Crippen molar-refractivity contribution in [2.45, 2.75) is 11.8 Å². The molecule has 0 heterocycles. The molecule has 2 aromatic carbocycles. The molecule has 0 aromatic heterocycles. The molecule has 2 rings (SSSR count). The summed E-state index contributed by atoms with van der Waals surface area (Å²) in [6.45, 7) is 1.86. The highest BCUT2D eigenvalue weighted by molar-refractivity contribution is 7.89. The molecule has 0 saturated carbocycles. The molecule has 22 heavy (non-hydrogen) atoms. The van der Waals surface area contributed by atoms with Gasteiger partial charge < -0.3 is 4.74 Å². The van der Waals surface area contributed by atoms with E-state index in [0.29, 0.717) is 5.75 Å². The fourth-order valence-corrected chi connectivity index (χ4v) is 3.01. The van der Waals surface area contributed by atoms with Gasteiger partial charge in [-0.1, -0.05) is 17.7 Å². The topological polar surface area (TPSA) is 63.7 Å². The molecule has 0 unspecified atom stereocenters. The predicted octanol–water partition coefficient (Wildman–Crippen LogP) is 2.46. The molecule has 2 aromatic rings. The van der Waals surface area contributed by atoms with E-state index in [-0.39, 0.29) is 10.5 Å². The number of methoxy groups -OCH3 is 1. The first kappa shape index (κ1) is 16.0. The number of sulfonamides is 1. The van der Waals surface area contributed by atoms with Crippen molar-refractivity contribution < 1.29 is 17.9 Å². The Morgan fingerprint density at radius 3 is 2.05 bits per heavy atom. The van der Waals surface area contributed by atoms with Crippen molar-refractivity contribution in [2.24, 2.45) is 0 Å². The number of hydrogen-bond acceptors (Lipinski definition) is 4. The van der Waals surface area contributed by atoms with Crippen molar-refractivity contribution in [1.29, 1.82) is 0 Å². The van der Waals surface area contributed by atoms with Crippen LogP contribution in [0.1, 0.15) is 15.9 Å². The number of ether oxygens (including phenoxy) is 1. The first-order chi connectivity index (χ1) is 10.4. The van der Waals surface area contributed by atoms with Crippen LogP contribution in [-0.4, -0.2) is 32.8 Å². The second kappa shape index (κ2) is 6.19. The average Bonchev–Trinajstić information content (AvgIpc) is 2.54. The first-order valence-electron chi connectivity index (χ1n) is 6.60. The van der Waals surface area contributed by atoms with E-state index in [0.717, 1.165) is 9.87 Å². The van der Waals surface area contributed by atoms with Crippen LogP contribution in [0.15, 0.2) is 53.4 Å². The highest BCUT2D eigenvalue weighted by Crippen LogP contribution is 2.19. The van der Waals surface area contributed by atoms with Crippen molar-refractivity contribution in [3.8, 4) is 5.75 Å². The Balaban J connectivity index is 2.30. The second-order valence-corrected chi connectivity index (χ2v) is 6.79. The fourth-order valence-electron chi connectivity index (χ4n) is 1.89. The zero-order valence-corrected chi connectivity index (χ0v) is 13.4. The van der Waals surface area contributed by atoms with Crippen molar-refractivity contribution in [2.75, 3.05) is 14.2 Å². The number of amides is 1. The molecule has 0 fully saturated rings. The quantitative estimate of drug-likeness (QED) is 0.868. The van der Waals surface area contributed by atoms with Crippen molar-refractivity contribution in [3.63, 3.8) is 0 Å². The lowest BCUT2D eigenvalue weighted by Crippen LogP contribution is -2.33. The van der Waals surface area contributed by atoms with Crippen LogP contribution < -0.4 is 4.74 Å². The Labute approximate surface area is 130 Å². The summed E-state index contributed by atoms with van der Waals surface area (Å²) in [5.74, 6) is 0.00354. The van der Waals surface area contributed by atoms with Crippen LogP contribution >= 0.6 is 0 Å². The maximum absolute atomic E-state index is 12.5. The fraction of sp³-hybridized carbons (Fsp3) is 0.188. The Morgan fingerprint density at radius 2 is 1.55 bits per heavy atom. The molecule has 0 aliphatic carbocycles. The average molecular weight is 319 g/mol. The molecule has 0 spiro atoms. The minimum Gasteiger partial charge on any atom is -0.497 e. The summed E-state index contributed by atoms with van der Waals surface area (Å²) in [5.41, 5.74) is 1.22. The van der Waals surface area contributed by atoms with E-state index in [4.69, 9.17) is 4.74 Å². The van der Waals surface area contributed by atoms with E-state index in [1.165, 1.54) is 38.4 Å². The third kappa shape index (κ3) is 3.12. The number of carbonyl (C=O) groups is 1. The second-order valence-electron chi connectivity index (χ2n) is 4.82. The van der Waals surface area contributed by atoms with E-state index in [1.807, 2.05) is 6.92 Å². The highest BCUT2D eigenvalue weighted by Gasteiger charge is 2.26. The van der Waals surface area contributed by atoms with E-state index in [9.17, 15) is 13.2 Å². The van der Waals surface area contributed by atoms with Gasteiger partial charge in [0, 0.05) is 12.6 Å². The van der Waals surface area contributed by atoms with Crippen LogP contribution in [0.25, 0.3) is 0 Å².